The van der Waals surface area contributed by atoms with Crippen LogP contribution in [0, 0.1) is 0 Å². The van der Waals surface area contributed by atoms with Crippen molar-refractivity contribution in [3.8, 4) is 0 Å². The fourth-order valence-corrected chi connectivity index (χ4v) is 3.41. The first-order chi connectivity index (χ1) is 9.71. The van der Waals surface area contributed by atoms with E-state index in [2.05, 4.69) is 51.1 Å². The van der Waals surface area contributed by atoms with Crippen molar-refractivity contribution in [3.05, 3.63) is 35.9 Å². The fourth-order valence-electron chi connectivity index (χ4n) is 3.41. The molecule has 0 aliphatic carbocycles. The van der Waals surface area contributed by atoms with Crippen molar-refractivity contribution in [2.24, 2.45) is 5.73 Å². The Hall–Kier alpha value is -0.860. The molecule has 0 saturated heterocycles. The Bertz CT molecular complexity index is 346. The maximum absolute atomic E-state index is 6.62. The number of rotatable bonds is 10. The van der Waals surface area contributed by atoms with Crippen molar-refractivity contribution in [2.45, 2.75) is 83.6 Å². The monoisotopic (exact) mass is 293 g/mol. The molecule has 122 valence electrons. The van der Waals surface area contributed by atoms with Gasteiger partial charge in [0.15, 0.2) is 0 Å². The Morgan fingerprint density at radius 2 is 1.48 bits per heavy atom. The lowest BCUT2D eigenvalue weighted by Gasteiger charge is -2.38. The van der Waals surface area contributed by atoms with Gasteiger partial charge in [-0.2, -0.15) is 0 Å². The largest absolute Gasteiger partial charge is 0.412 e. The van der Waals surface area contributed by atoms with Gasteiger partial charge in [0.1, 0.15) is 0 Å². The molecule has 0 saturated carbocycles. The highest BCUT2D eigenvalue weighted by atomic mass is 16.0. The summed E-state index contributed by atoms with van der Waals surface area (Å²) < 4.78 is 0. The van der Waals surface area contributed by atoms with Gasteiger partial charge in [0, 0.05) is 11.5 Å². The lowest BCUT2D eigenvalue weighted by molar-refractivity contribution is 0.297. The zero-order valence-corrected chi connectivity index (χ0v) is 14.2. The van der Waals surface area contributed by atoms with Gasteiger partial charge in [-0.25, -0.2) is 0 Å². The second-order valence-corrected chi connectivity index (χ2v) is 6.04. The number of benzene rings is 1. The summed E-state index contributed by atoms with van der Waals surface area (Å²) >= 11 is 0. The maximum Gasteiger partial charge on any atom is 0.0136 e. The first-order valence-electron chi connectivity index (χ1n) is 8.52. The zero-order chi connectivity index (χ0) is 14.8. The molecule has 4 N–H and O–H groups in total. The van der Waals surface area contributed by atoms with Gasteiger partial charge in [0.2, 0.25) is 0 Å². The molecule has 1 aromatic carbocycles. The average molecular weight is 293 g/mol. The smallest absolute Gasteiger partial charge is 0.0136 e. The van der Waals surface area contributed by atoms with Gasteiger partial charge in [-0.1, -0.05) is 83.2 Å². The molecule has 0 fully saturated rings. The van der Waals surface area contributed by atoms with E-state index in [0.717, 1.165) is 19.3 Å². The van der Waals surface area contributed by atoms with E-state index in [9.17, 15) is 0 Å². The summed E-state index contributed by atoms with van der Waals surface area (Å²) in [6, 6.07) is 11.2. The van der Waals surface area contributed by atoms with Gasteiger partial charge < -0.3 is 11.2 Å². The Kier molecular flexibility index (Phi) is 10.4. The lowest BCUT2D eigenvalue weighted by atomic mass is 9.69. The number of hydrogen-bond acceptors (Lipinski definition) is 1. The van der Waals surface area contributed by atoms with Gasteiger partial charge in [0.05, 0.1) is 0 Å². The van der Waals surface area contributed by atoms with Crippen LogP contribution in [0.25, 0.3) is 0 Å². The van der Waals surface area contributed by atoms with Crippen LogP contribution in [0.5, 0.6) is 0 Å². The molecule has 21 heavy (non-hydrogen) atoms. The predicted octanol–water partition coefficient (Wildman–Crippen LogP) is 4.61. The highest BCUT2D eigenvalue weighted by Gasteiger charge is 2.34. The van der Waals surface area contributed by atoms with Crippen LogP contribution in [0.15, 0.2) is 30.3 Å². The predicted molar refractivity (Wildman–Crippen MR) is 93.7 cm³/mol. The van der Waals surface area contributed by atoms with Crippen LogP contribution in [0.1, 0.15) is 77.7 Å². The minimum atomic E-state index is 0. The van der Waals surface area contributed by atoms with Crippen LogP contribution in [-0.2, 0) is 5.41 Å². The SMILES string of the molecule is CCCCCCCC(N)C(CC)(CC)c1ccccc1.O. The summed E-state index contributed by atoms with van der Waals surface area (Å²) in [6.45, 7) is 6.83. The molecule has 0 radical (unpaired) electrons. The first-order valence-corrected chi connectivity index (χ1v) is 8.52. The molecule has 0 bridgehead atoms. The third-order valence-corrected chi connectivity index (χ3v) is 4.94. The Morgan fingerprint density at radius 3 is 2.00 bits per heavy atom. The van der Waals surface area contributed by atoms with Crippen molar-refractivity contribution >= 4 is 0 Å². The van der Waals surface area contributed by atoms with Crippen LogP contribution in [0.3, 0.4) is 0 Å². The maximum atomic E-state index is 6.62. The molecule has 0 aliphatic rings. The van der Waals surface area contributed by atoms with E-state index in [1.165, 1.54) is 37.7 Å². The zero-order valence-electron chi connectivity index (χ0n) is 14.2. The molecule has 0 aliphatic heterocycles. The number of unbranched alkanes of at least 4 members (excludes halogenated alkanes) is 4. The van der Waals surface area contributed by atoms with E-state index >= 15 is 0 Å². The van der Waals surface area contributed by atoms with Crippen molar-refractivity contribution < 1.29 is 5.48 Å². The minimum Gasteiger partial charge on any atom is -0.412 e. The highest BCUT2D eigenvalue weighted by Crippen LogP contribution is 2.36. The van der Waals surface area contributed by atoms with Crippen LogP contribution >= 0.6 is 0 Å². The van der Waals surface area contributed by atoms with Crippen LogP contribution in [0.2, 0.25) is 0 Å². The van der Waals surface area contributed by atoms with Gasteiger partial charge in [-0.3, -0.25) is 0 Å². The average Bonchev–Trinajstić information content (AvgIpc) is 2.50. The molecule has 1 aromatic rings. The van der Waals surface area contributed by atoms with Crippen molar-refractivity contribution in [3.63, 3.8) is 0 Å². The van der Waals surface area contributed by atoms with E-state index in [1.54, 1.807) is 0 Å². The molecule has 2 heteroatoms. The Morgan fingerprint density at radius 1 is 0.905 bits per heavy atom. The van der Waals surface area contributed by atoms with Gasteiger partial charge in [-0.15, -0.1) is 0 Å². The summed E-state index contributed by atoms with van der Waals surface area (Å²) in [4.78, 5) is 0. The highest BCUT2D eigenvalue weighted by molar-refractivity contribution is 5.27. The van der Waals surface area contributed by atoms with E-state index < -0.39 is 0 Å². The van der Waals surface area contributed by atoms with Crippen molar-refractivity contribution in [2.75, 3.05) is 0 Å². The number of nitrogens with two attached hydrogens (primary N) is 1. The first kappa shape index (κ1) is 20.1. The summed E-state index contributed by atoms with van der Waals surface area (Å²) in [7, 11) is 0. The summed E-state index contributed by atoms with van der Waals surface area (Å²) in [5.74, 6) is 0. The summed E-state index contributed by atoms with van der Waals surface area (Å²) in [5.41, 5.74) is 8.20. The van der Waals surface area contributed by atoms with Crippen LogP contribution in [0.4, 0.5) is 0 Å². The standard InChI is InChI=1S/C19H33N.H2O/c1-4-7-8-9-13-16-18(20)19(5-2,6-3)17-14-11-10-12-15-17;/h10-12,14-15,18H,4-9,13,16,20H2,1-3H3;1H2. The molecule has 0 heterocycles. The molecule has 1 atom stereocenters. The number of hydrogen-bond donors (Lipinski definition) is 1. The molecular formula is C19H35NO. The van der Waals surface area contributed by atoms with E-state index in [4.69, 9.17) is 5.73 Å². The fraction of sp³-hybridized carbons (Fsp3) is 0.684. The van der Waals surface area contributed by atoms with Gasteiger partial charge in [0.25, 0.3) is 0 Å². The third kappa shape index (κ3) is 5.44. The van der Waals surface area contributed by atoms with E-state index in [0.29, 0.717) is 0 Å². The quantitative estimate of drug-likeness (QED) is 0.629. The summed E-state index contributed by atoms with van der Waals surface area (Å²) in [6.07, 6.45) is 10.0. The van der Waals surface area contributed by atoms with Gasteiger partial charge in [-0.05, 0) is 24.8 Å². The lowest BCUT2D eigenvalue weighted by Crippen LogP contribution is -2.44. The molecule has 2 nitrogen and oxygen atoms in total. The molecule has 1 unspecified atom stereocenters. The second kappa shape index (κ2) is 10.8. The topological polar surface area (TPSA) is 57.5 Å². The Labute approximate surface area is 131 Å². The Balaban J connectivity index is 0.00000400. The molecule has 0 aromatic heterocycles. The second-order valence-electron chi connectivity index (χ2n) is 6.04. The van der Waals surface area contributed by atoms with Crippen molar-refractivity contribution in [1.29, 1.82) is 0 Å². The van der Waals surface area contributed by atoms with Crippen LogP contribution in [-0.4, -0.2) is 11.5 Å². The van der Waals surface area contributed by atoms with Crippen molar-refractivity contribution in [1.82, 2.24) is 0 Å². The van der Waals surface area contributed by atoms with Crippen LogP contribution < -0.4 is 5.73 Å². The van der Waals surface area contributed by atoms with E-state index in [-0.39, 0.29) is 16.9 Å². The molecule has 1 rings (SSSR count). The minimum absolute atomic E-state index is 0. The molecule has 0 amide bonds. The molecule has 0 spiro atoms. The van der Waals surface area contributed by atoms with Gasteiger partial charge >= 0.3 is 0 Å². The molecular weight excluding hydrogens is 258 g/mol. The van der Waals surface area contributed by atoms with E-state index in [1.807, 2.05) is 0 Å². The summed E-state index contributed by atoms with van der Waals surface area (Å²) in [5, 5.41) is 0. The normalized spacial score (nSPS) is 12.8. The third-order valence-electron chi connectivity index (χ3n) is 4.94.